The van der Waals surface area contributed by atoms with E-state index in [9.17, 15) is 9.59 Å². The van der Waals surface area contributed by atoms with Crippen LogP contribution >= 0.6 is 11.6 Å². The van der Waals surface area contributed by atoms with E-state index in [1.165, 1.54) is 11.1 Å². The summed E-state index contributed by atoms with van der Waals surface area (Å²) in [6, 6.07) is 13.8. The van der Waals surface area contributed by atoms with Gasteiger partial charge < -0.3 is 20.3 Å². The van der Waals surface area contributed by atoms with Crippen LogP contribution in [0.25, 0.3) is 0 Å². The topological polar surface area (TPSA) is 77.1 Å². The Kier molecular flexibility index (Phi) is 10.4. The normalized spacial score (nSPS) is 12.9. The van der Waals surface area contributed by atoms with Gasteiger partial charge in [-0.25, -0.2) is 5.01 Å². The van der Waals surface area contributed by atoms with Crippen molar-refractivity contribution in [3.05, 3.63) is 58.6 Å². The Labute approximate surface area is 219 Å². The van der Waals surface area contributed by atoms with E-state index < -0.39 is 0 Å². The molecule has 2 aromatic carbocycles. The number of benzene rings is 2. The maximum Gasteiger partial charge on any atom is 0.256 e. The molecule has 36 heavy (non-hydrogen) atoms. The molecule has 2 amide bonds. The highest BCUT2D eigenvalue weighted by Gasteiger charge is 2.27. The lowest BCUT2D eigenvalue weighted by Gasteiger charge is -2.32. The van der Waals surface area contributed by atoms with Gasteiger partial charge in [0.1, 0.15) is 5.75 Å². The van der Waals surface area contributed by atoms with Crippen LogP contribution in [0.5, 0.6) is 5.75 Å². The predicted molar refractivity (Wildman–Crippen MR) is 144 cm³/mol. The molecule has 0 unspecified atom stereocenters. The zero-order valence-corrected chi connectivity index (χ0v) is 22.5. The van der Waals surface area contributed by atoms with E-state index in [-0.39, 0.29) is 24.9 Å². The smallest absolute Gasteiger partial charge is 0.256 e. The largest absolute Gasteiger partial charge is 0.491 e. The summed E-state index contributed by atoms with van der Waals surface area (Å²) in [7, 11) is 1.77. The van der Waals surface area contributed by atoms with Crippen LogP contribution in [-0.2, 0) is 22.7 Å². The molecule has 1 aliphatic rings. The van der Waals surface area contributed by atoms with E-state index in [0.717, 1.165) is 6.42 Å². The number of amides is 2. The van der Waals surface area contributed by atoms with Gasteiger partial charge >= 0.3 is 0 Å². The fourth-order valence-corrected chi connectivity index (χ4v) is 4.21. The molecule has 0 fully saturated rings. The van der Waals surface area contributed by atoms with Gasteiger partial charge in [0.15, 0.2) is 0 Å². The molecule has 1 aliphatic heterocycles. The number of hydrogen-bond donors (Lipinski definition) is 2. The van der Waals surface area contributed by atoms with Crippen molar-refractivity contribution in [2.75, 3.05) is 44.7 Å². The van der Waals surface area contributed by atoms with Gasteiger partial charge in [0.25, 0.3) is 5.91 Å². The molecule has 0 spiro atoms. The minimum Gasteiger partial charge on any atom is -0.491 e. The van der Waals surface area contributed by atoms with Crippen molar-refractivity contribution in [1.82, 2.24) is 20.7 Å². The number of hydrogen-bond acceptors (Lipinski definition) is 6. The maximum absolute atomic E-state index is 13.4. The molecule has 0 saturated heterocycles. The Hall–Kier alpha value is -2.81. The summed E-state index contributed by atoms with van der Waals surface area (Å²) < 4.78 is 5.94. The number of rotatable bonds is 13. The van der Waals surface area contributed by atoms with Gasteiger partial charge in [-0.15, -0.1) is 0 Å². The number of nitrogens with zero attached hydrogens (tertiary/aromatic N) is 3. The van der Waals surface area contributed by atoms with Crippen LogP contribution in [0, 0.1) is 0 Å². The van der Waals surface area contributed by atoms with Crippen LogP contribution < -0.4 is 20.3 Å². The Balaban J connectivity index is 1.74. The molecular formula is C27H38ClN5O3. The van der Waals surface area contributed by atoms with E-state index in [0.29, 0.717) is 55.3 Å². The predicted octanol–water partition coefficient (Wildman–Crippen LogP) is 3.44. The van der Waals surface area contributed by atoms with E-state index in [1.54, 1.807) is 35.2 Å². The zero-order chi connectivity index (χ0) is 26.1. The minimum atomic E-state index is -0.175. The molecule has 0 atom stereocenters. The summed E-state index contributed by atoms with van der Waals surface area (Å²) in [6.07, 6.45) is 0.836. The molecule has 0 bridgehead atoms. The second-order valence-corrected chi connectivity index (χ2v) is 9.72. The van der Waals surface area contributed by atoms with Crippen molar-refractivity contribution in [3.8, 4) is 5.75 Å². The van der Waals surface area contributed by atoms with Crippen molar-refractivity contribution >= 4 is 29.1 Å². The minimum absolute atomic E-state index is 0.00381. The van der Waals surface area contributed by atoms with Crippen LogP contribution in [0.2, 0.25) is 5.02 Å². The number of likely N-dealkylation sites (N-methyl/N-ethyl adjacent to an activating group) is 1. The van der Waals surface area contributed by atoms with E-state index >= 15 is 0 Å². The average Bonchev–Trinajstić information content (AvgIpc) is 3.29. The summed E-state index contributed by atoms with van der Waals surface area (Å²) in [5, 5.41) is 10.4. The lowest BCUT2D eigenvalue weighted by atomic mass is 10.1. The summed E-state index contributed by atoms with van der Waals surface area (Å²) in [6.45, 7) is 9.18. The van der Waals surface area contributed by atoms with Crippen molar-refractivity contribution in [3.63, 3.8) is 0 Å². The van der Waals surface area contributed by atoms with Crippen molar-refractivity contribution in [1.29, 1.82) is 0 Å². The standard InChI is InChI=1S/C27H38ClN5O3/c1-5-14-36-25-11-10-23(28)15-24(25)32(18-26(34)30-13-12-29-20(2)3)19-27(35)31(4)33-16-21-8-6-7-9-22(21)17-33/h6-11,15,20,29H,5,12-14,16-19H2,1-4H3,(H,30,34). The third-order valence-corrected chi connectivity index (χ3v) is 6.23. The van der Waals surface area contributed by atoms with Crippen molar-refractivity contribution in [2.24, 2.45) is 0 Å². The number of ether oxygens (including phenoxy) is 1. The number of hydrazine groups is 1. The van der Waals surface area contributed by atoms with Crippen molar-refractivity contribution in [2.45, 2.75) is 46.3 Å². The number of nitrogens with one attached hydrogen (secondary N) is 2. The molecule has 8 nitrogen and oxygen atoms in total. The van der Waals surface area contributed by atoms with Gasteiger partial charge in [-0.1, -0.05) is 56.6 Å². The zero-order valence-electron chi connectivity index (χ0n) is 21.7. The summed E-state index contributed by atoms with van der Waals surface area (Å²) in [5.74, 6) is 0.295. The molecule has 196 valence electrons. The highest BCUT2D eigenvalue weighted by atomic mass is 35.5. The third kappa shape index (κ3) is 7.85. The van der Waals surface area contributed by atoms with E-state index in [2.05, 4.69) is 36.6 Å². The monoisotopic (exact) mass is 515 g/mol. The summed E-state index contributed by atoms with van der Waals surface area (Å²) in [5.41, 5.74) is 3.06. The van der Waals surface area contributed by atoms with E-state index in [1.807, 2.05) is 24.1 Å². The van der Waals surface area contributed by atoms with Crippen LogP contribution in [-0.4, -0.2) is 67.7 Å². The fraction of sp³-hybridized carbons (Fsp3) is 0.481. The number of fused-ring (bicyclic) bond motifs is 1. The second-order valence-electron chi connectivity index (χ2n) is 9.28. The molecule has 2 aromatic rings. The first-order valence-corrected chi connectivity index (χ1v) is 12.9. The van der Waals surface area contributed by atoms with Crippen LogP contribution in [0.3, 0.4) is 0 Å². The molecular weight excluding hydrogens is 478 g/mol. The molecule has 2 N–H and O–H groups in total. The Bertz CT molecular complexity index is 1010. The second kappa shape index (κ2) is 13.5. The first-order chi connectivity index (χ1) is 17.3. The molecule has 9 heteroatoms. The van der Waals surface area contributed by atoms with Crippen LogP contribution in [0.15, 0.2) is 42.5 Å². The quantitative estimate of drug-likeness (QED) is 0.398. The Morgan fingerprint density at radius 3 is 2.42 bits per heavy atom. The van der Waals surface area contributed by atoms with Gasteiger partial charge in [-0.3, -0.25) is 14.6 Å². The Morgan fingerprint density at radius 1 is 1.08 bits per heavy atom. The van der Waals surface area contributed by atoms with E-state index in [4.69, 9.17) is 16.3 Å². The third-order valence-electron chi connectivity index (χ3n) is 5.99. The molecule has 0 aromatic heterocycles. The lowest BCUT2D eigenvalue weighted by molar-refractivity contribution is -0.145. The SMILES string of the molecule is CCCOc1ccc(Cl)cc1N(CC(=O)NCCNC(C)C)CC(=O)N(C)N1Cc2ccccc2C1. The fourth-order valence-electron chi connectivity index (χ4n) is 4.04. The maximum atomic E-state index is 13.4. The number of anilines is 1. The first-order valence-electron chi connectivity index (χ1n) is 12.5. The highest BCUT2D eigenvalue weighted by molar-refractivity contribution is 6.31. The molecule has 3 rings (SSSR count). The Morgan fingerprint density at radius 2 is 1.78 bits per heavy atom. The number of halogens is 1. The summed E-state index contributed by atoms with van der Waals surface area (Å²) >= 11 is 6.32. The molecule has 0 radical (unpaired) electrons. The van der Waals surface area contributed by atoms with Gasteiger partial charge in [0.05, 0.1) is 25.4 Å². The molecule has 1 heterocycles. The van der Waals surface area contributed by atoms with Crippen molar-refractivity contribution < 1.29 is 14.3 Å². The highest BCUT2D eigenvalue weighted by Crippen LogP contribution is 2.32. The lowest BCUT2D eigenvalue weighted by Crippen LogP contribution is -2.48. The van der Waals surface area contributed by atoms with Gasteiger partial charge in [-0.2, -0.15) is 0 Å². The summed E-state index contributed by atoms with van der Waals surface area (Å²) in [4.78, 5) is 28.0. The number of carbonyl (C=O) groups is 2. The van der Waals surface area contributed by atoms with Crippen LogP contribution in [0.4, 0.5) is 5.69 Å². The first kappa shape index (κ1) is 27.8. The molecule has 0 aliphatic carbocycles. The van der Waals surface area contributed by atoms with Gasteiger partial charge in [0.2, 0.25) is 5.91 Å². The van der Waals surface area contributed by atoms with Crippen LogP contribution in [0.1, 0.15) is 38.3 Å². The molecule has 0 saturated carbocycles. The average molecular weight is 516 g/mol. The van der Waals surface area contributed by atoms with Gasteiger partial charge in [-0.05, 0) is 35.7 Å². The van der Waals surface area contributed by atoms with Gasteiger partial charge in [0, 0.05) is 44.3 Å². The number of carbonyl (C=O) groups excluding carboxylic acids is 2.